The Morgan fingerprint density at radius 1 is 1.50 bits per heavy atom. The number of anilines is 2. The maximum atomic E-state index is 5.68. The summed E-state index contributed by atoms with van der Waals surface area (Å²) >= 11 is 5.66. The Morgan fingerprint density at radius 2 is 2.38 bits per heavy atom. The first-order chi connectivity index (χ1) is 7.75. The summed E-state index contributed by atoms with van der Waals surface area (Å²) in [5, 5.41) is 7.32. The molecule has 0 aliphatic carbocycles. The van der Waals surface area contributed by atoms with Crippen LogP contribution in [-0.4, -0.2) is 26.3 Å². The summed E-state index contributed by atoms with van der Waals surface area (Å²) in [5.41, 5.74) is 6.16. The van der Waals surface area contributed by atoms with Crippen LogP contribution in [0.1, 0.15) is 0 Å². The number of nitrogen functional groups attached to an aromatic ring is 1. The van der Waals surface area contributed by atoms with Crippen molar-refractivity contribution in [2.24, 2.45) is 0 Å². The van der Waals surface area contributed by atoms with Gasteiger partial charge in [-0.15, -0.1) is 0 Å². The van der Waals surface area contributed by atoms with Crippen LogP contribution in [0.15, 0.2) is 24.7 Å². The van der Waals surface area contributed by atoms with E-state index >= 15 is 0 Å². The lowest BCUT2D eigenvalue weighted by molar-refractivity contribution is 0.637. The number of aromatic nitrogens is 4. The first-order valence-corrected chi connectivity index (χ1v) is 5.13. The molecule has 0 bridgehead atoms. The molecule has 0 saturated carbocycles. The van der Waals surface area contributed by atoms with Gasteiger partial charge in [-0.1, -0.05) is 0 Å². The average molecular weight is 239 g/mol. The minimum Gasteiger partial charge on any atom is -0.394 e. The summed E-state index contributed by atoms with van der Waals surface area (Å²) < 4.78 is 1.81. The smallest absolute Gasteiger partial charge is 0.224 e. The van der Waals surface area contributed by atoms with Gasteiger partial charge in [0.1, 0.15) is 0 Å². The Hall–Kier alpha value is -1.82. The van der Waals surface area contributed by atoms with Gasteiger partial charge in [-0.25, -0.2) is 4.98 Å². The molecule has 0 saturated heterocycles. The van der Waals surface area contributed by atoms with Gasteiger partial charge in [-0.2, -0.15) is 10.1 Å². The maximum Gasteiger partial charge on any atom is 0.224 e. The normalized spacial score (nSPS) is 10.3. The molecule has 0 unspecified atom stereocenters. The van der Waals surface area contributed by atoms with Crippen molar-refractivity contribution in [1.29, 1.82) is 0 Å². The Labute approximate surface area is 97.5 Å². The molecule has 0 aliphatic heterocycles. The number of nitrogens with zero attached hydrogens (tertiary/aromatic N) is 4. The number of hydrogen-bond acceptors (Lipinski definition) is 5. The second-order valence-electron chi connectivity index (χ2n) is 3.14. The molecule has 7 heteroatoms. The van der Waals surface area contributed by atoms with Crippen LogP contribution in [-0.2, 0) is 6.54 Å². The molecule has 16 heavy (non-hydrogen) atoms. The maximum absolute atomic E-state index is 5.68. The first-order valence-electron chi connectivity index (χ1n) is 4.75. The molecule has 0 radical (unpaired) electrons. The molecular formula is C9H11ClN6. The van der Waals surface area contributed by atoms with E-state index in [0.29, 0.717) is 18.1 Å². The largest absolute Gasteiger partial charge is 0.394 e. The average Bonchev–Trinajstić information content (AvgIpc) is 2.76. The van der Waals surface area contributed by atoms with Crippen LogP contribution in [0.5, 0.6) is 0 Å². The van der Waals surface area contributed by atoms with E-state index in [2.05, 4.69) is 20.4 Å². The fourth-order valence-electron chi connectivity index (χ4n) is 1.23. The summed E-state index contributed by atoms with van der Waals surface area (Å²) in [5.74, 6) is 0.548. The number of nitrogens with two attached hydrogens (primary N) is 1. The number of hydrogen-bond donors (Lipinski definition) is 2. The van der Waals surface area contributed by atoms with Crippen molar-refractivity contribution in [3.05, 3.63) is 29.9 Å². The zero-order valence-electron chi connectivity index (χ0n) is 8.47. The lowest BCUT2D eigenvalue weighted by Gasteiger charge is -2.07. The highest BCUT2D eigenvalue weighted by Gasteiger charge is 2.02. The van der Waals surface area contributed by atoms with E-state index in [1.807, 2.05) is 16.9 Å². The Morgan fingerprint density at radius 3 is 3.12 bits per heavy atom. The SMILES string of the molecule is Nc1cnc(Cl)nc1NCCn1cccn1. The van der Waals surface area contributed by atoms with Gasteiger partial charge in [-0.05, 0) is 17.7 Å². The highest BCUT2D eigenvalue weighted by atomic mass is 35.5. The van der Waals surface area contributed by atoms with Crippen LogP contribution in [0.3, 0.4) is 0 Å². The highest BCUT2D eigenvalue weighted by Crippen LogP contribution is 2.15. The lowest BCUT2D eigenvalue weighted by Crippen LogP contribution is -2.13. The first kappa shape index (κ1) is 10.7. The standard InChI is InChI=1S/C9H11ClN6/c10-9-13-6-7(11)8(15-9)12-3-5-16-4-1-2-14-16/h1-2,4,6H,3,5,11H2,(H,12,13,15). The number of halogens is 1. The molecule has 0 amide bonds. The summed E-state index contributed by atoms with van der Waals surface area (Å²) in [6.07, 6.45) is 5.10. The predicted molar refractivity (Wildman–Crippen MR) is 62.2 cm³/mol. The third-order valence-electron chi connectivity index (χ3n) is 1.98. The van der Waals surface area contributed by atoms with E-state index in [1.165, 1.54) is 6.20 Å². The Balaban J connectivity index is 1.92. The molecule has 2 aromatic heterocycles. The lowest BCUT2D eigenvalue weighted by atomic mass is 10.4. The third-order valence-corrected chi connectivity index (χ3v) is 2.16. The zero-order chi connectivity index (χ0) is 11.4. The van der Waals surface area contributed by atoms with E-state index in [1.54, 1.807) is 6.20 Å². The van der Waals surface area contributed by atoms with Gasteiger partial charge < -0.3 is 11.1 Å². The fraction of sp³-hybridized carbons (Fsp3) is 0.222. The molecule has 6 nitrogen and oxygen atoms in total. The molecule has 3 N–H and O–H groups in total. The fourth-order valence-corrected chi connectivity index (χ4v) is 1.37. The van der Waals surface area contributed by atoms with Crippen molar-refractivity contribution in [2.75, 3.05) is 17.6 Å². The second-order valence-corrected chi connectivity index (χ2v) is 3.48. The van der Waals surface area contributed by atoms with Gasteiger partial charge >= 0.3 is 0 Å². The van der Waals surface area contributed by atoms with Crippen LogP contribution < -0.4 is 11.1 Å². The van der Waals surface area contributed by atoms with Crippen LogP contribution >= 0.6 is 11.6 Å². The summed E-state index contributed by atoms with van der Waals surface area (Å²) in [6, 6.07) is 1.87. The van der Waals surface area contributed by atoms with E-state index in [-0.39, 0.29) is 5.28 Å². The van der Waals surface area contributed by atoms with Crippen molar-refractivity contribution in [3.63, 3.8) is 0 Å². The van der Waals surface area contributed by atoms with E-state index < -0.39 is 0 Å². The van der Waals surface area contributed by atoms with E-state index in [0.717, 1.165) is 6.54 Å². The van der Waals surface area contributed by atoms with Crippen molar-refractivity contribution in [2.45, 2.75) is 6.54 Å². The molecule has 2 rings (SSSR count). The Kier molecular flexibility index (Phi) is 3.21. The van der Waals surface area contributed by atoms with Gasteiger partial charge in [0, 0.05) is 18.9 Å². The van der Waals surface area contributed by atoms with E-state index in [9.17, 15) is 0 Å². The number of rotatable bonds is 4. The molecule has 0 fully saturated rings. The molecule has 0 spiro atoms. The van der Waals surface area contributed by atoms with Crippen molar-refractivity contribution in [1.82, 2.24) is 19.7 Å². The second kappa shape index (κ2) is 4.80. The Bertz CT molecular complexity index is 455. The van der Waals surface area contributed by atoms with Crippen molar-refractivity contribution < 1.29 is 0 Å². The van der Waals surface area contributed by atoms with Crippen LogP contribution in [0.25, 0.3) is 0 Å². The topological polar surface area (TPSA) is 81.6 Å². The molecule has 84 valence electrons. The quantitative estimate of drug-likeness (QED) is 0.778. The van der Waals surface area contributed by atoms with Crippen molar-refractivity contribution >= 4 is 23.1 Å². The van der Waals surface area contributed by atoms with Gasteiger partial charge in [-0.3, -0.25) is 4.68 Å². The molecule has 0 aliphatic rings. The minimum absolute atomic E-state index is 0.177. The molecular weight excluding hydrogens is 228 g/mol. The number of nitrogens with one attached hydrogen (secondary N) is 1. The van der Waals surface area contributed by atoms with Crippen LogP contribution in [0, 0.1) is 0 Å². The van der Waals surface area contributed by atoms with Crippen LogP contribution in [0.2, 0.25) is 5.28 Å². The monoisotopic (exact) mass is 238 g/mol. The van der Waals surface area contributed by atoms with Gasteiger partial charge in [0.15, 0.2) is 5.82 Å². The predicted octanol–water partition coefficient (Wildman–Crippen LogP) is 1.02. The third kappa shape index (κ3) is 2.60. The molecule has 2 heterocycles. The summed E-state index contributed by atoms with van der Waals surface area (Å²) in [6.45, 7) is 1.40. The van der Waals surface area contributed by atoms with Gasteiger partial charge in [0.05, 0.1) is 18.4 Å². The summed E-state index contributed by atoms with van der Waals surface area (Å²) in [4.78, 5) is 7.75. The minimum atomic E-state index is 0.177. The zero-order valence-corrected chi connectivity index (χ0v) is 9.22. The molecule has 2 aromatic rings. The van der Waals surface area contributed by atoms with Gasteiger partial charge in [0.2, 0.25) is 5.28 Å². The molecule has 0 aromatic carbocycles. The highest BCUT2D eigenvalue weighted by molar-refractivity contribution is 6.28. The van der Waals surface area contributed by atoms with Gasteiger partial charge in [0.25, 0.3) is 0 Å². The summed E-state index contributed by atoms with van der Waals surface area (Å²) in [7, 11) is 0. The van der Waals surface area contributed by atoms with Crippen molar-refractivity contribution in [3.8, 4) is 0 Å². The molecule has 0 atom stereocenters. The van der Waals surface area contributed by atoms with E-state index in [4.69, 9.17) is 17.3 Å². The van der Waals surface area contributed by atoms with Crippen LogP contribution in [0.4, 0.5) is 11.5 Å².